The quantitative estimate of drug-likeness (QED) is 0.728. The summed E-state index contributed by atoms with van der Waals surface area (Å²) in [6.07, 6.45) is 1.61. The summed E-state index contributed by atoms with van der Waals surface area (Å²) in [5.41, 5.74) is 0.554. The minimum atomic E-state index is -1.06. The molecule has 0 spiro atoms. The van der Waals surface area contributed by atoms with E-state index in [-0.39, 0.29) is 11.8 Å². The third-order valence-electron chi connectivity index (χ3n) is 3.25. The molecule has 3 aromatic rings. The molecule has 0 saturated heterocycles. The molecular weight excluding hydrogens is 331 g/mol. The third-order valence-corrected chi connectivity index (χ3v) is 3.25. The fourth-order valence-electron chi connectivity index (χ4n) is 2.18. The molecule has 0 radical (unpaired) electrons. The first-order valence-electron chi connectivity index (χ1n) is 7.52. The van der Waals surface area contributed by atoms with Crippen molar-refractivity contribution in [3.05, 3.63) is 60.0 Å². The molecule has 0 amide bonds. The summed E-state index contributed by atoms with van der Waals surface area (Å²) >= 11 is 0. The van der Waals surface area contributed by atoms with Gasteiger partial charge in [-0.25, -0.2) is 18.2 Å². The second-order valence-electron chi connectivity index (χ2n) is 5.08. The van der Waals surface area contributed by atoms with Crippen LogP contribution in [0.2, 0.25) is 0 Å². The monoisotopic (exact) mass is 345 g/mol. The molecule has 2 aromatic heterocycles. The van der Waals surface area contributed by atoms with Crippen LogP contribution in [0.1, 0.15) is 6.92 Å². The van der Waals surface area contributed by atoms with Gasteiger partial charge in [0.25, 0.3) is 0 Å². The Kier molecular flexibility index (Phi) is 4.78. The molecule has 0 atom stereocenters. The van der Waals surface area contributed by atoms with Gasteiger partial charge in [0.1, 0.15) is 17.3 Å². The molecule has 3 rings (SSSR count). The average molecular weight is 345 g/mol. The second-order valence-corrected chi connectivity index (χ2v) is 5.08. The van der Waals surface area contributed by atoms with Crippen molar-refractivity contribution in [2.45, 2.75) is 6.92 Å². The Morgan fingerprint density at radius 1 is 0.960 bits per heavy atom. The lowest BCUT2D eigenvalue weighted by atomic mass is 10.2. The summed E-state index contributed by atoms with van der Waals surface area (Å²) in [7, 11) is 0. The fraction of sp³-hybridized carbons (Fsp3) is 0.118. The Morgan fingerprint density at radius 2 is 1.72 bits per heavy atom. The predicted octanol–water partition coefficient (Wildman–Crippen LogP) is 4.13. The molecule has 0 unspecified atom stereocenters. The van der Waals surface area contributed by atoms with Crippen LogP contribution in [0, 0.1) is 17.5 Å². The summed E-state index contributed by atoms with van der Waals surface area (Å²) < 4.78 is 40.8. The van der Waals surface area contributed by atoms with E-state index in [0.717, 1.165) is 0 Å². The number of hydrogen-bond donors (Lipinski definition) is 2. The molecular formula is C17H14F3N5. The van der Waals surface area contributed by atoms with E-state index in [1.165, 1.54) is 6.07 Å². The van der Waals surface area contributed by atoms with E-state index in [1.54, 1.807) is 24.4 Å². The van der Waals surface area contributed by atoms with Crippen LogP contribution in [-0.2, 0) is 0 Å². The Bertz CT molecular complexity index is 864. The number of nitrogens with one attached hydrogen (secondary N) is 2. The van der Waals surface area contributed by atoms with Crippen LogP contribution in [0.3, 0.4) is 0 Å². The van der Waals surface area contributed by atoms with Gasteiger partial charge in [0.15, 0.2) is 11.6 Å². The van der Waals surface area contributed by atoms with Crippen LogP contribution in [0.4, 0.5) is 30.6 Å². The zero-order chi connectivity index (χ0) is 17.8. The number of rotatable bonds is 5. The number of hydrogen-bond acceptors (Lipinski definition) is 5. The first-order chi connectivity index (χ1) is 12.1. The van der Waals surface area contributed by atoms with Crippen LogP contribution >= 0.6 is 0 Å². The number of anilines is 3. The van der Waals surface area contributed by atoms with Gasteiger partial charge >= 0.3 is 0 Å². The molecule has 25 heavy (non-hydrogen) atoms. The van der Waals surface area contributed by atoms with Crippen molar-refractivity contribution < 1.29 is 13.2 Å². The van der Waals surface area contributed by atoms with E-state index >= 15 is 0 Å². The predicted molar refractivity (Wildman–Crippen MR) is 89.0 cm³/mol. The van der Waals surface area contributed by atoms with Crippen LogP contribution in [0.15, 0.2) is 42.6 Å². The number of halogens is 3. The molecule has 0 saturated carbocycles. The van der Waals surface area contributed by atoms with Gasteiger partial charge in [-0.05, 0) is 19.1 Å². The summed E-state index contributed by atoms with van der Waals surface area (Å²) in [4.78, 5) is 12.7. The van der Waals surface area contributed by atoms with Crippen LogP contribution < -0.4 is 10.6 Å². The largest absolute Gasteiger partial charge is 0.354 e. The zero-order valence-electron chi connectivity index (χ0n) is 13.2. The van der Waals surface area contributed by atoms with Crippen molar-refractivity contribution in [2.75, 3.05) is 17.2 Å². The highest BCUT2D eigenvalue weighted by atomic mass is 19.1. The highest BCUT2D eigenvalue weighted by Crippen LogP contribution is 2.26. The summed E-state index contributed by atoms with van der Waals surface area (Å²) in [5.74, 6) is -2.68. The second kappa shape index (κ2) is 7.16. The van der Waals surface area contributed by atoms with E-state index < -0.39 is 23.1 Å². The van der Waals surface area contributed by atoms with E-state index in [2.05, 4.69) is 25.6 Å². The maximum absolute atomic E-state index is 13.9. The lowest BCUT2D eigenvalue weighted by Crippen LogP contribution is -2.07. The van der Waals surface area contributed by atoms with Gasteiger partial charge in [0.2, 0.25) is 5.95 Å². The lowest BCUT2D eigenvalue weighted by molar-refractivity contribution is 0.549. The van der Waals surface area contributed by atoms with E-state index in [9.17, 15) is 13.2 Å². The van der Waals surface area contributed by atoms with Gasteiger partial charge < -0.3 is 10.6 Å². The molecule has 128 valence electrons. The molecule has 2 N–H and O–H groups in total. The number of aromatic nitrogens is 3. The van der Waals surface area contributed by atoms with Crippen LogP contribution in [0.5, 0.6) is 0 Å². The van der Waals surface area contributed by atoms with Gasteiger partial charge in [-0.1, -0.05) is 6.07 Å². The number of nitrogens with zero attached hydrogens (tertiary/aromatic N) is 3. The fourth-order valence-corrected chi connectivity index (χ4v) is 2.18. The molecule has 0 fully saturated rings. The summed E-state index contributed by atoms with van der Waals surface area (Å²) in [6, 6.07) is 8.00. The van der Waals surface area contributed by atoms with Gasteiger partial charge in [-0.15, -0.1) is 0 Å². The maximum atomic E-state index is 13.9. The van der Waals surface area contributed by atoms with E-state index in [0.29, 0.717) is 30.1 Å². The molecule has 5 nitrogen and oxygen atoms in total. The SMILES string of the molecule is CCNc1nc(Nc2c(F)cc(F)cc2F)cc(-c2ccccn2)n1. The highest BCUT2D eigenvalue weighted by molar-refractivity contribution is 5.65. The maximum Gasteiger partial charge on any atom is 0.225 e. The van der Waals surface area contributed by atoms with E-state index in [4.69, 9.17) is 0 Å². The molecule has 0 aliphatic heterocycles. The Labute approximate surface area is 142 Å². The Hall–Kier alpha value is -3.16. The Balaban J connectivity index is 2.03. The highest BCUT2D eigenvalue weighted by Gasteiger charge is 2.14. The molecule has 0 aliphatic rings. The van der Waals surface area contributed by atoms with E-state index in [1.807, 2.05) is 6.92 Å². The molecule has 8 heteroatoms. The van der Waals surface area contributed by atoms with Crippen molar-refractivity contribution in [1.29, 1.82) is 0 Å². The zero-order valence-corrected chi connectivity index (χ0v) is 13.2. The minimum absolute atomic E-state index is 0.149. The van der Waals surface area contributed by atoms with Crippen LogP contribution in [-0.4, -0.2) is 21.5 Å². The van der Waals surface area contributed by atoms with Gasteiger partial charge in [0.05, 0.1) is 11.4 Å². The van der Waals surface area contributed by atoms with Crippen molar-refractivity contribution in [2.24, 2.45) is 0 Å². The number of pyridine rings is 1. The van der Waals surface area contributed by atoms with Gasteiger partial charge in [-0.3, -0.25) is 4.98 Å². The normalized spacial score (nSPS) is 10.6. The van der Waals surface area contributed by atoms with Crippen molar-refractivity contribution >= 4 is 17.5 Å². The van der Waals surface area contributed by atoms with Crippen LogP contribution in [0.25, 0.3) is 11.4 Å². The first-order valence-corrected chi connectivity index (χ1v) is 7.52. The number of benzene rings is 1. The standard InChI is InChI=1S/C17H14F3N5/c1-2-21-17-23-14(13-5-3-4-6-22-13)9-15(25-17)24-16-11(19)7-10(18)8-12(16)20/h3-9H,2H2,1H3,(H2,21,23,24,25). The molecule has 2 heterocycles. The van der Waals surface area contributed by atoms with Crippen molar-refractivity contribution in [3.8, 4) is 11.4 Å². The topological polar surface area (TPSA) is 62.7 Å². The average Bonchev–Trinajstić information content (AvgIpc) is 2.59. The Morgan fingerprint density at radius 3 is 2.36 bits per heavy atom. The minimum Gasteiger partial charge on any atom is -0.354 e. The van der Waals surface area contributed by atoms with Gasteiger partial charge in [0, 0.05) is 30.9 Å². The third kappa shape index (κ3) is 3.85. The summed E-state index contributed by atoms with van der Waals surface area (Å²) in [5, 5.41) is 5.49. The molecule has 1 aromatic carbocycles. The van der Waals surface area contributed by atoms with Gasteiger partial charge in [-0.2, -0.15) is 4.98 Å². The smallest absolute Gasteiger partial charge is 0.225 e. The lowest BCUT2D eigenvalue weighted by Gasteiger charge is -2.11. The van der Waals surface area contributed by atoms with Crippen molar-refractivity contribution in [1.82, 2.24) is 15.0 Å². The van der Waals surface area contributed by atoms with Crippen molar-refractivity contribution in [3.63, 3.8) is 0 Å². The first kappa shape index (κ1) is 16.7. The molecule has 0 bridgehead atoms. The summed E-state index contributed by atoms with van der Waals surface area (Å²) in [6.45, 7) is 2.42. The molecule has 0 aliphatic carbocycles.